The molecule has 1 aromatic rings. The van der Waals surface area contributed by atoms with Crippen LogP contribution in [0.4, 0.5) is 0 Å². The Morgan fingerprint density at radius 1 is 1.21 bits per heavy atom. The summed E-state index contributed by atoms with van der Waals surface area (Å²) < 4.78 is 12.4. The van der Waals surface area contributed by atoms with E-state index < -0.39 is 7.80 Å². The van der Waals surface area contributed by atoms with Gasteiger partial charge in [0.1, 0.15) is 0 Å². The average Bonchev–Trinajstić information content (AvgIpc) is 2.98. The van der Waals surface area contributed by atoms with Crippen molar-refractivity contribution < 1.29 is 9.36 Å². The summed E-state index contributed by atoms with van der Waals surface area (Å²) in [4.78, 5) is 12.5. The molecule has 1 aliphatic rings. The fourth-order valence-electron chi connectivity index (χ4n) is 4.02. The van der Waals surface area contributed by atoms with Crippen molar-refractivity contribution in [3.8, 4) is 0 Å². The van der Waals surface area contributed by atoms with Gasteiger partial charge in [0.2, 0.25) is 0 Å². The van der Waals surface area contributed by atoms with Crippen LogP contribution in [0.2, 0.25) is 0 Å². The predicted molar refractivity (Wildman–Crippen MR) is 102 cm³/mol. The number of allylic oxidation sites excluding steroid dienone is 1. The molecule has 2 rings (SSSR count). The molecule has 2 nitrogen and oxygen atoms in total. The summed E-state index contributed by atoms with van der Waals surface area (Å²) >= 11 is 0. The van der Waals surface area contributed by atoms with E-state index in [1.54, 1.807) is 0 Å². The SMILES string of the molecule is C=C[C@@H]1CCC(CCCC[P+](=O)C(=O)c2c(C)cc(C)cc2C)C1. The van der Waals surface area contributed by atoms with Gasteiger partial charge in [-0.05, 0) is 75.8 Å². The van der Waals surface area contributed by atoms with Crippen LogP contribution < -0.4 is 0 Å². The van der Waals surface area contributed by atoms with Crippen LogP contribution in [0.25, 0.3) is 0 Å². The zero-order valence-electron chi connectivity index (χ0n) is 15.3. The molecule has 24 heavy (non-hydrogen) atoms. The van der Waals surface area contributed by atoms with Crippen molar-refractivity contribution in [2.75, 3.05) is 6.16 Å². The van der Waals surface area contributed by atoms with Gasteiger partial charge < -0.3 is 0 Å². The largest absolute Gasteiger partial charge is 0.420 e. The second-order valence-electron chi connectivity index (χ2n) is 7.35. The lowest BCUT2D eigenvalue weighted by Crippen LogP contribution is -2.03. The van der Waals surface area contributed by atoms with Gasteiger partial charge >= 0.3 is 13.3 Å². The van der Waals surface area contributed by atoms with Gasteiger partial charge in [-0.15, -0.1) is 6.58 Å². The van der Waals surface area contributed by atoms with E-state index in [1.165, 1.54) is 25.7 Å². The van der Waals surface area contributed by atoms with Crippen LogP contribution in [0, 0.1) is 32.6 Å². The Morgan fingerprint density at radius 3 is 2.46 bits per heavy atom. The Labute approximate surface area is 147 Å². The van der Waals surface area contributed by atoms with Crippen molar-refractivity contribution in [3.63, 3.8) is 0 Å². The number of aryl methyl sites for hydroxylation is 3. The van der Waals surface area contributed by atoms with Crippen molar-refractivity contribution in [2.24, 2.45) is 11.8 Å². The molecular weight excluding hydrogens is 315 g/mol. The Bertz CT molecular complexity index is 610. The molecule has 0 spiro atoms. The fraction of sp³-hybridized carbons (Fsp3) is 0.571. The third kappa shape index (κ3) is 4.86. The van der Waals surface area contributed by atoms with Crippen molar-refractivity contribution in [3.05, 3.63) is 47.0 Å². The first-order valence-electron chi connectivity index (χ1n) is 9.11. The molecule has 0 N–H and O–H groups in total. The Balaban J connectivity index is 1.80. The summed E-state index contributed by atoms with van der Waals surface area (Å²) in [7, 11) is -1.80. The zero-order chi connectivity index (χ0) is 17.7. The predicted octanol–water partition coefficient (Wildman–Crippen LogP) is 6.35. The van der Waals surface area contributed by atoms with Gasteiger partial charge in [0.15, 0.2) is 6.16 Å². The minimum Gasteiger partial charge on any atom is -0.234 e. The summed E-state index contributed by atoms with van der Waals surface area (Å²) in [6.07, 6.45) is 9.60. The Morgan fingerprint density at radius 2 is 1.88 bits per heavy atom. The van der Waals surface area contributed by atoms with Gasteiger partial charge in [-0.25, -0.2) is 4.79 Å². The van der Waals surface area contributed by atoms with Crippen LogP contribution in [0.3, 0.4) is 0 Å². The van der Waals surface area contributed by atoms with Gasteiger partial charge in [-0.1, -0.05) is 34.8 Å². The minimum atomic E-state index is -1.80. The topological polar surface area (TPSA) is 34.1 Å². The third-order valence-corrected chi connectivity index (χ3v) is 6.66. The first kappa shape index (κ1) is 19.1. The molecule has 0 bridgehead atoms. The molecule has 0 amide bonds. The molecule has 0 aromatic heterocycles. The second-order valence-corrected chi connectivity index (χ2v) is 8.96. The lowest BCUT2D eigenvalue weighted by molar-refractivity contribution is 0.107. The fourth-order valence-corrected chi connectivity index (χ4v) is 5.34. The van der Waals surface area contributed by atoms with Crippen LogP contribution in [0.15, 0.2) is 24.8 Å². The highest BCUT2D eigenvalue weighted by molar-refractivity contribution is 7.64. The maximum atomic E-state index is 12.5. The molecule has 130 valence electrons. The number of hydrogen-bond acceptors (Lipinski definition) is 2. The van der Waals surface area contributed by atoms with Gasteiger partial charge in [-0.3, -0.25) is 0 Å². The number of unbranched alkanes of at least 4 members (excludes halogenated alkanes) is 1. The van der Waals surface area contributed by atoms with Crippen LogP contribution >= 0.6 is 7.80 Å². The molecule has 0 aliphatic heterocycles. The van der Waals surface area contributed by atoms with E-state index in [2.05, 4.69) is 12.7 Å². The first-order valence-corrected chi connectivity index (χ1v) is 10.6. The molecule has 3 heteroatoms. The van der Waals surface area contributed by atoms with Gasteiger partial charge in [0.05, 0.1) is 5.56 Å². The lowest BCUT2D eigenvalue weighted by Gasteiger charge is -2.08. The normalized spacial score (nSPS) is 20.9. The molecule has 3 atom stereocenters. The molecule has 1 fully saturated rings. The molecule has 1 saturated carbocycles. The Kier molecular flexibility index (Phi) is 6.92. The van der Waals surface area contributed by atoms with E-state index in [0.717, 1.165) is 35.4 Å². The number of hydrogen-bond donors (Lipinski definition) is 0. The van der Waals surface area contributed by atoms with E-state index in [4.69, 9.17) is 0 Å². The van der Waals surface area contributed by atoms with E-state index in [1.807, 2.05) is 32.9 Å². The summed E-state index contributed by atoms with van der Waals surface area (Å²) in [6.45, 7) is 9.78. The summed E-state index contributed by atoms with van der Waals surface area (Å²) in [5.74, 6) is 1.49. The Hall–Kier alpha value is -1.27. The van der Waals surface area contributed by atoms with Crippen LogP contribution in [-0.4, -0.2) is 11.7 Å². The molecule has 1 aliphatic carbocycles. The van der Waals surface area contributed by atoms with Crippen molar-refractivity contribution in [2.45, 2.75) is 59.3 Å². The van der Waals surface area contributed by atoms with Crippen LogP contribution in [0.5, 0.6) is 0 Å². The second kappa shape index (κ2) is 8.72. The minimum absolute atomic E-state index is 0.160. The summed E-state index contributed by atoms with van der Waals surface area (Å²) in [5.41, 5.74) is 3.55. The quantitative estimate of drug-likeness (QED) is 0.312. The van der Waals surface area contributed by atoms with E-state index in [-0.39, 0.29) is 5.52 Å². The highest BCUT2D eigenvalue weighted by Gasteiger charge is 2.32. The number of carbonyl (C=O) groups is 1. The highest BCUT2D eigenvalue weighted by atomic mass is 31.1. The van der Waals surface area contributed by atoms with E-state index >= 15 is 0 Å². The summed E-state index contributed by atoms with van der Waals surface area (Å²) in [6, 6.07) is 4.00. The van der Waals surface area contributed by atoms with Crippen molar-refractivity contribution in [1.82, 2.24) is 0 Å². The molecule has 1 aromatic carbocycles. The van der Waals surface area contributed by atoms with Gasteiger partial charge in [-0.2, -0.15) is 0 Å². The van der Waals surface area contributed by atoms with Crippen molar-refractivity contribution >= 4 is 13.3 Å². The van der Waals surface area contributed by atoms with E-state index in [0.29, 0.717) is 17.6 Å². The van der Waals surface area contributed by atoms with Gasteiger partial charge in [0.25, 0.3) is 0 Å². The third-order valence-electron chi connectivity index (χ3n) is 5.26. The number of rotatable bonds is 8. The zero-order valence-corrected chi connectivity index (χ0v) is 16.2. The maximum absolute atomic E-state index is 12.5. The summed E-state index contributed by atoms with van der Waals surface area (Å²) in [5, 5.41) is 0. The standard InChI is InChI=1S/C21H30O2P/c1-5-18-9-10-19(14-18)8-6-7-11-24(23)21(22)20-16(3)12-15(2)13-17(20)4/h5,12-13,18-19H,1,6-11,14H2,2-4H3/q+1/t18-,19?/m1/s1. The number of carbonyl (C=O) groups excluding carboxylic acids is 1. The molecular formula is C21H30O2P+. The molecule has 0 radical (unpaired) electrons. The first-order chi connectivity index (χ1) is 11.4. The molecule has 0 saturated heterocycles. The van der Waals surface area contributed by atoms with Gasteiger partial charge in [0, 0.05) is 0 Å². The highest BCUT2D eigenvalue weighted by Crippen LogP contribution is 2.36. The van der Waals surface area contributed by atoms with Crippen molar-refractivity contribution in [1.29, 1.82) is 0 Å². The van der Waals surface area contributed by atoms with Crippen LogP contribution in [0.1, 0.15) is 65.6 Å². The lowest BCUT2D eigenvalue weighted by atomic mass is 9.99. The maximum Gasteiger partial charge on any atom is 0.420 e. The van der Waals surface area contributed by atoms with E-state index in [9.17, 15) is 9.36 Å². The monoisotopic (exact) mass is 345 g/mol. The molecule has 2 unspecified atom stereocenters. The van der Waals surface area contributed by atoms with Crippen LogP contribution in [-0.2, 0) is 4.57 Å². The average molecular weight is 345 g/mol. The molecule has 0 heterocycles. The smallest absolute Gasteiger partial charge is 0.234 e. The number of benzene rings is 1.